The van der Waals surface area contributed by atoms with Crippen molar-refractivity contribution in [3.05, 3.63) is 0 Å². The van der Waals surface area contributed by atoms with Gasteiger partial charge in [0.05, 0.1) is 5.41 Å². The lowest BCUT2D eigenvalue weighted by molar-refractivity contribution is -0.131. The Balaban J connectivity index is 1.86. The summed E-state index contributed by atoms with van der Waals surface area (Å²) in [6.07, 6.45) is 5.73. The van der Waals surface area contributed by atoms with Crippen LogP contribution < -0.4 is 10.6 Å². The molecule has 92 valence electrons. The molecule has 1 saturated heterocycles. The van der Waals surface area contributed by atoms with E-state index in [0.29, 0.717) is 6.04 Å². The summed E-state index contributed by atoms with van der Waals surface area (Å²) in [6.45, 7) is 6.26. The van der Waals surface area contributed by atoms with Crippen LogP contribution >= 0.6 is 0 Å². The fourth-order valence-corrected chi connectivity index (χ4v) is 2.95. The third kappa shape index (κ3) is 2.57. The Bertz CT molecular complexity index is 259. The molecule has 1 heterocycles. The minimum atomic E-state index is -0.177. The van der Waals surface area contributed by atoms with Crippen molar-refractivity contribution in [1.29, 1.82) is 0 Å². The SMILES string of the molecule is CC1CCC(NC(=O)C2(C)CCCNC2)C1. The monoisotopic (exact) mass is 224 g/mol. The van der Waals surface area contributed by atoms with E-state index in [1.54, 1.807) is 0 Å². The highest BCUT2D eigenvalue weighted by atomic mass is 16.2. The zero-order valence-electron chi connectivity index (χ0n) is 10.5. The molecule has 2 N–H and O–H groups in total. The molecule has 0 spiro atoms. The molecule has 3 atom stereocenters. The average Bonchev–Trinajstić information content (AvgIpc) is 2.65. The number of carbonyl (C=O) groups excluding carboxylic acids is 1. The minimum absolute atomic E-state index is 0.177. The Hall–Kier alpha value is -0.570. The van der Waals surface area contributed by atoms with E-state index in [4.69, 9.17) is 0 Å². The van der Waals surface area contributed by atoms with Crippen LogP contribution in [0.4, 0.5) is 0 Å². The second-order valence-corrected chi connectivity index (χ2v) is 5.93. The molecule has 1 saturated carbocycles. The molecule has 0 aromatic heterocycles. The Morgan fingerprint density at radius 3 is 2.81 bits per heavy atom. The van der Waals surface area contributed by atoms with Crippen LogP contribution in [0.25, 0.3) is 0 Å². The first-order chi connectivity index (χ1) is 7.60. The molecular formula is C13H24N2O. The Morgan fingerprint density at radius 2 is 2.25 bits per heavy atom. The third-order valence-electron chi connectivity index (χ3n) is 4.18. The van der Waals surface area contributed by atoms with Crippen molar-refractivity contribution >= 4 is 5.91 Å². The van der Waals surface area contributed by atoms with Crippen molar-refractivity contribution in [2.24, 2.45) is 11.3 Å². The van der Waals surface area contributed by atoms with E-state index < -0.39 is 0 Å². The highest BCUT2D eigenvalue weighted by molar-refractivity contribution is 5.82. The third-order valence-corrected chi connectivity index (χ3v) is 4.18. The molecular weight excluding hydrogens is 200 g/mol. The predicted octanol–water partition coefficient (Wildman–Crippen LogP) is 1.68. The lowest BCUT2D eigenvalue weighted by Gasteiger charge is -2.33. The van der Waals surface area contributed by atoms with Gasteiger partial charge in [0.25, 0.3) is 0 Å². The van der Waals surface area contributed by atoms with Gasteiger partial charge in [-0.1, -0.05) is 6.92 Å². The highest BCUT2D eigenvalue weighted by Gasteiger charge is 2.36. The number of amides is 1. The fourth-order valence-electron chi connectivity index (χ4n) is 2.95. The van der Waals surface area contributed by atoms with E-state index in [0.717, 1.165) is 44.7 Å². The van der Waals surface area contributed by atoms with Crippen LogP contribution in [-0.2, 0) is 4.79 Å². The summed E-state index contributed by atoms with van der Waals surface area (Å²) in [7, 11) is 0. The van der Waals surface area contributed by atoms with Crippen molar-refractivity contribution in [3.63, 3.8) is 0 Å². The van der Waals surface area contributed by atoms with Gasteiger partial charge in [0.2, 0.25) is 5.91 Å². The molecule has 2 rings (SSSR count). The average molecular weight is 224 g/mol. The fraction of sp³-hybridized carbons (Fsp3) is 0.923. The van der Waals surface area contributed by atoms with Gasteiger partial charge in [-0.15, -0.1) is 0 Å². The number of hydrogen-bond acceptors (Lipinski definition) is 2. The van der Waals surface area contributed by atoms with Crippen molar-refractivity contribution in [2.45, 2.75) is 52.0 Å². The maximum atomic E-state index is 12.2. The van der Waals surface area contributed by atoms with Crippen LogP contribution in [0.3, 0.4) is 0 Å². The van der Waals surface area contributed by atoms with E-state index in [2.05, 4.69) is 24.5 Å². The number of nitrogens with one attached hydrogen (secondary N) is 2. The minimum Gasteiger partial charge on any atom is -0.353 e. The van der Waals surface area contributed by atoms with Gasteiger partial charge in [0.15, 0.2) is 0 Å². The molecule has 16 heavy (non-hydrogen) atoms. The molecule has 2 fully saturated rings. The van der Waals surface area contributed by atoms with E-state index >= 15 is 0 Å². The van der Waals surface area contributed by atoms with Gasteiger partial charge in [-0.2, -0.15) is 0 Å². The summed E-state index contributed by atoms with van der Waals surface area (Å²) in [4.78, 5) is 12.2. The summed E-state index contributed by atoms with van der Waals surface area (Å²) >= 11 is 0. The number of rotatable bonds is 2. The summed E-state index contributed by atoms with van der Waals surface area (Å²) in [5.74, 6) is 1.04. The molecule has 3 heteroatoms. The van der Waals surface area contributed by atoms with E-state index in [1.807, 2.05) is 0 Å². The smallest absolute Gasteiger partial charge is 0.227 e. The molecule has 1 aliphatic carbocycles. The Labute approximate surface area is 98.4 Å². The zero-order chi connectivity index (χ0) is 11.6. The van der Waals surface area contributed by atoms with Crippen LogP contribution in [0.1, 0.15) is 46.0 Å². The second-order valence-electron chi connectivity index (χ2n) is 5.93. The number of carbonyl (C=O) groups is 1. The summed E-state index contributed by atoms with van der Waals surface area (Å²) < 4.78 is 0. The molecule has 1 amide bonds. The standard InChI is InChI=1S/C13H24N2O/c1-10-4-5-11(8-10)15-12(16)13(2)6-3-7-14-9-13/h10-11,14H,3-9H2,1-2H3,(H,15,16). The van der Waals surface area contributed by atoms with Crippen molar-refractivity contribution in [3.8, 4) is 0 Å². The van der Waals surface area contributed by atoms with E-state index in [-0.39, 0.29) is 11.3 Å². The van der Waals surface area contributed by atoms with Crippen molar-refractivity contribution < 1.29 is 4.79 Å². The quantitative estimate of drug-likeness (QED) is 0.749. The van der Waals surface area contributed by atoms with Gasteiger partial charge >= 0.3 is 0 Å². The first-order valence-electron chi connectivity index (χ1n) is 6.62. The highest BCUT2D eigenvalue weighted by Crippen LogP contribution is 2.29. The zero-order valence-corrected chi connectivity index (χ0v) is 10.5. The predicted molar refractivity (Wildman–Crippen MR) is 65.2 cm³/mol. The number of hydrogen-bond donors (Lipinski definition) is 2. The first-order valence-corrected chi connectivity index (χ1v) is 6.62. The van der Waals surface area contributed by atoms with E-state index in [1.165, 1.54) is 6.42 Å². The van der Waals surface area contributed by atoms with Crippen LogP contribution in [0.2, 0.25) is 0 Å². The van der Waals surface area contributed by atoms with Crippen molar-refractivity contribution in [1.82, 2.24) is 10.6 Å². The second kappa shape index (κ2) is 4.74. The van der Waals surface area contributed by atoms with Crippen LogP contribution in [-0.4, -0.2) is 25.0 Å². The maximum Gasteiger partial charge on any atom is 0.227 e. The van der Waals surface area contributed by atoms with Gasteiger partial charge in [-0.25, -0.2) is 0 Å². The van der Waals surface area contributed by atoms with E-state index in [9.17, 15) is 4.79 Å². The topological polar surface area (TPSA) is 41.1 Å². The first kappa shape index (κ1) is 11.9. The van der Waals surface area contributed by atoms with Crippen LogP contribution in [0, 0.1) is 11.3 Å². The van der Waals surface area contributed by atoms with Crippen molar-refractivity contribution in [2.75, 3.05) is 13.1 Å². The Morgan fingerprint density at radius 1 is 1.44 bits per heavy atom. The van der Waals surface area contributed by atoms with Gasteiger partial charge < -0.3 is 10.6 Å². The van der Waals surface area contributed by atoms with Gasteiger partial charge in [0, 0.05) is 12.6 Å². The molecule has 0 radical (unpaired) electrons. The lowest BCUT2D eigenvalue weighted by atomic mass is 9.81. The molecule has 3 nitrogen and oxygen atoms in total. The molecule has 2 aliphatic rings. The van der Waals surface area contributed by atoms with Gasteiger partial charge in [-0.05, 0) is 51.5 Å². The summed E-state index contributed by atoms with van der Waals surface area (Å²) in [6, 6.07) is 0.432. The van der Waals surface area contributed by atoms with Crippen LogP contribution in [0.5, 0.6) is 0 Å². The normalized spacial score (nSPS) is 39.6. The summed E-state index contributed by atoms with van der Waals surface area (Å²) in [5.41, 5.74) is -0.177. The molecule has 0 aromatic rings. The van der Waals surface area contributed by atoms with Gasteiger partial charge in [-0.3, -0.25) is 4.79 Å². The Kier molecular flexibility index (Phi) is 3.53. The molecule has 3 unspecified atom stereocenters. The maximum absolute atomic E-state index is 12.2. The van der Waals surface area contributed by atoms with Crippen LogP contribution in [0.15, 0.2) is 0 Å². The van der Waals surface area contributed by atoms with Gasteiger partial charge in [0.1, 0.15) is 0 Å². The summed E-state index contributed by atoms with van der Waals surface area (Å²) in [5, 5.41) is 6.57. The molecule has 1 aliphatic heterocycles. The largest absolute Gasteiger partial charge is 0.353 e. The molecule has 0 aromatic carbocycles. The number of piperidine rings is 1. The molecule has 0 bridgehead atoms. The lowest BCUT2D eigenvalue weighted by Crippen LogP contribution is -2.50.